The summed E-state index contributed by atoms with van der Waals surface area (Å²) in [4.78, 5) is 10.9. The molecule has 1 atom stereocenters. The summed E-state index contributed by atoms with van der Waals surface area (Å²) in [6.07, 6.45) is 9.51. The van der Waals surface area contributed by atoms with E-state index in [4.69, 9.17) is 0 Å². The fourth-order valence-corrected chi connectivity index (χ4v) is 1.91. The number of aliphatic imine (C=N–C) groups is 2. The van der Waals surface area contributed by atoms with Crippen molar-refractivity contribution < 1.29 is 0 Å². The molecule has 0 aliphatic carbocycles. The maximum atomic E-state index is 4.36. The van der Waals surface area contributed by atoms with Crippen LogP contribution in [0.5, 0.6) is 0 Å². The van der Waals surface area contributed by atoms with Crippen LogP contribution in [0.25, 0.3) is 0 Å². The van der Waals surface area contributed by atoms with Crippen molar-refractivity contribution in [3.63, 3.8) is 0 Å². The molecule has 5 nitrogen and oxygen atoms in total. The summed E-state index contributed by atoms with van der Waals surface area (Å²) in [5, 5.41) is 6.47. The molecule has 96 valence electrons. The lowest BCUT2D eigenvalue weighted by atomic mass is 10.3. The van der Waals surface area contributed by atoms with Crippen LogP contribution >= 0.6 is 0 Å². The Hall–Kier alpha value is -1.88. The molecule has 0 radical (unpaired) electrons. The molecule has 2 aliphatic rings. The van der Waals surface area contributed by atoms with Crippen molar-refractivity contribution in [3.8, 4) is 0 Å². The SMILES string of the molecule is C=C/C=N\C1=CCN(C2=CC(NCC)NC=N2)C1. The average molecular weight is 245 g/mol. The van der Waals surface area contributed by atoms with Gasteiger partial charge in [0.1, 0.15) is 12.0 Å². The standard InChI is InChI=1S/C13H19N5/c1-3-6-15-11-5-7-18(9-11)13-8-12(14-4-2)16-10-17-13/h3,5-6,8,10,12,14H,1,4,7,9H2,2H3,(H,16,17)/b15-6-. The number of nitrogens with one attached hydrogen (secondary N) is 2. The van der Waals surface area contributed by atoms with E-state index in [1.54, 1.807) is 18.6 Å². The second kappa shape index (κ2) is 6.16. The van der Waals surface area contributed by atoms with Crippen LogP contribution in [0.15, 0.2) is 46.3 Å². The van der Waals surface area contributed by atoms with E-state index in [9.17, 15) is 0 Å². The number of rotatable bonds is 5. The number of allylic oxidation sites excluding steroid dienone is 1. The highest BCUT2D eigenvalue weighted by atomic mass is 15.3. The lowest BCUT2D eigenvalue weighted by molar-refractivity contribution is 0.419. The molecule has 0 spiro atoms. The van der Waals surface area contributed by atoms with Gasteiger partial charge in [0.25, 0.3) is 0 Å². The van der Waals surface area contributed by atoms with Gasteiger partial charge in [-0.3, -0.25) is 10.3 Å². The highest BCUT2D eigenvalue weighted by molar-refractivity contribution is 5.71. The third kappa shape index (κ3) is 3.07. The normalized spacial score (nSPS) is 22.9. The average Bonchev–Trinajstić information content (AvgIpc) is 2.86. The first-order chi connectivity index (χ1) is 8.83. The van der Waals surface area contributed by atoms with E-state index in [0.29, 0.717) is 0 Å². The summed E-state index contributed by atoms with van der Waals surface area (Å²) < 4.78 is 0. The molecule has 0 aromatic rings. The minimum atomic E-state index is 0.156. The Bertz CT molecular complexity index is 419. The van der Waals surface area contributed by atoms with Gasteiger partial charge in [0.05, 0.1) is 18.6 Å². The lowest BCUT2D eigenvalue weighted by Gasteiger charge is -2.24. The predicted octanol–water partition coefficient (Wildman–Crippen LogP) is 0.851. The molecule has 5 heteroatoms. The Morgan fingerprint density at radius 1 is 1.72 bits per heavy atom. The maximum Gasteiger partial charge on any atom is 0.130 e. The van der Waals surface area contributed by atoms with Gasteiger partial charge in [0.2, 0.25) is 0 Å². The Balaban J connectivity index is 1.96. The number of hydrogen-bond donors (Lipinski definition) is 2. The largest absolute Gasteiger partial charge is 0.357 e. The first-order valence-corrected chi connectivity index (χ1v) is 6.16. The molecule has 2 N–H and O–H groups in total. The van der Waals surface area contributed by atoms with Crippen molar-refractivity contribution in [1.29, 1.82) is 0 Å². The molecule has 0 amide bonds. The summed E-state index contributed by atoms with van der Waals surface area (Å²) in [6.45, 7) is 8.27. The molecule has 0 aromatic carbocycles. The number of hydrogen-bond acceptors (Lipinski definition) is 5. The summed E-state index contributed by atoms with van der Waals surface area (Å²) in [5.41, 5.74) is 1.06. The first-order valence-electron chi connectivity index (χ1n) is 6.16. The number of likely N-dealkylation sites (N-methyl/N-ethyl adjacent to an activating group) is 1. The zero-order chi connectivity index (χ0) is 12.8. The Morgan fingerprint density at radius 3 is 3.39 bits per heavy atom. The molecule has 0 aromatic heterocycles. The van der Waals surface area contributed by atoms with E-state index in [2.05, 4.69) is 51.2 Å². The van der Waals surface area contributed by atoms with Crippen LogP contribution in [-0.2, 0) is 0 Å². The molecule has 1 unspecified atom stereocenters. The van der Waals surface area contributed by atoms with Gasteiger partial charge in [-0.1, -0.05) is 19.6 Å². The van der Waals surface area contributed by atoms with Gasteiger partial charge in [-0.25, -0.2) is 4.99 Å². The predicted molar refractivity (Wildman–Crippen MR) is 75.5 cm³/mol. The lowest BCUT2D eigenvalue weighted by Crippen LogP contribution is -2.43. The zero-order valence-electron chi connectivity index (χ0n) is 10.6. The monoisotopic (exact) mass is 245 g/mol. The number of nitrogens with zero attached hydrogens (tertiary/aromatic N) is 3. The third-order valence-electron chi connectivity index (χ3n) is 2.76. The van der Waals surface area contributed by atoms with E-state index in [1.165, 1.54) is 0 Å². The van der Waals surface area contributed by atoms with Crippen LogP contribution in [0.3, 0.4) is 0 Å². The molecule has 2 rings (SSSR count). The van der Waals surface area contributed by atoms with Crippen LogP contribution in [0, 0.1) is 0 Å². The summed E-state index contributed by atoms with van der Waals surface area (Å²) in [6, 6.07) is 0. The Kier molecular flexibility index (Phi) is 4.30. The van der Waals surface area contributed by atoms with Crippen molar-refractivity contribution in [2.24, 2.45) is 9.98 Å². The van der Waals surface area contributed by atoms with Crippen LogP contribution in [-0.4, -0.2) is 43.3 Å². The molecule has 2 heterocycles. The minimum absolute atomic E-state index is 0.156. The summed E-state index contributed by atoms with van der Waals surface area (Å²) in [5.74, 6) is 0.986. The quantitative estimate of drug-likeness (QED) is 0.706. The topological polar surface area (TPSA) is 52.0 Å². The van der Waals surface area contributed by atoms with Gasteiger partial charge in [0.15, 0.2) is 0 Å². The second-order valence-electron chi connectivity index (χ2n) is 4.07. The molecule has 0 bridgehead atoms. The van der Waals surface area contributed by atoms with Crippen LogP contribution in [0.1, 0.15) is 6.92 Å². The van der Waals surface area contributed by atoms with Crippen LogP contribution in [0.4, 0.5) is 0 Å². The molecular formula is C13H19N5. The highest BCUT2D eigenvalue weighted by Crippen LogP contribution is 2.17. The molecule has 0 saturated carbocycles. The van der Waals surface area contributed by atoms with Crippen LogP contribution in [0.2, 0.25) is 0 Å². The van der Waals surface area contributed by atoms with Crippen molar-refractivity contribution in [2.45, 2.75) is 13.1 Å². The van der Waals surface area contributed by atoms with Crippen molar-refractivity contribution in [1.82, 2.24) is 15.5 Å². The maximum absolute atomic E-state index is 4.36. The van der Waals surface area contributed by atoms with E-state index in [0.717, 1.165) is 31.2 Å². The van der Waals surface area contributed by atoms with Gasteiger partial charge >= 0.3 is 0 Å². The smallest absolute Gasteiger partial charge is 0.130 e. The minimum Gasteiger partial charge on any atom is -0.357 e. The van der Waals surface area contributed by atoms with Crippen LogP contribution < -0.4 is 10.6 Å². The highest BCUT2D eigenvalue weighted by Gasteiger charge is 2.18. The van der Waals surface area contributed by atoms with E-state index >= 15 is 0 Å². The van der Waals surface area contributed by atoms with Crippen molar-refractivity contribution >= 4 is 12.6 Å². The molecule has 18 heavy (non-hydrogen) atoms. The Morgan fingerprint density at radius 2 is 2.61 bits per heavy atom. The fourth-order valence-electron chi connectivity index (χ4n) is 1.91. The van der Waals surface area contributed by atoms with Gasteiger partial charge in [-0.15, -0.1) is 0 Å². The van der Waals surface area contributed by atoms with E-state index in [-0.39, 0.29) is 6.17 Å². The van der Waals surface area contributed by atoms with E-state index < -0.39 is 0 Å². The first kappa shape index (κ1) is 12.6. The Labute approximate surface area is 108 Å². The van der Waals surface area contributed by atoms with Crippen molar-refractivity contribution in [3.05, 3.63) is 36.3 Å². The molecular weight excluding hydrogens is 226 g/mol. The fraction of sp³-hybridized carbons (Fsp3) is 0.385. The van der Waals surface area contributed by atoms with E-state index in [1.807, 2.05) is 0 Å². The molecule has 2 aliphatic heterocycles. The van der Waals surface area contributed by atoms with Crippen molar-refractivity contribution in [2.75, 3.05) is 19.6 Å². The van der Waals surface area contributed by atoms with Gasteiger partial charge in [-0.05, 0) is 18.7 Å². The molecule has 0 saturated heterocycles. The zero-order valence-corrected chi connectivity index (χ0v) is 10.6. The molecule has 0 fully saturated rings. The van der Waals surface area contributed by atoms with Gasteiger partial charge < -0.3 is 10.2 Å². The summed E-state index contributed by atoms with van der Waals surface area (Å²) in [7, 11) is 0. The second-order valence-corrected chi connectivity index (χ2v) is 4.07. The third-order valence-corrected chi connectivity index (χ3v) is 2.76. The van der Waals surface area contributed by atoms with Gasteiger partial charge in [0, 0.05) is 12.8 Å². The summed E-state index contributed by atoms with van der Waals surface area (Å²) >= 11 is 0. The van der Waals surface area contributed by atoms with Gasteiger partial charge in [-0.2, -0.15) is 0 Å².